The molecule has 1 unspecified atom stereocenters. The highest BCUT2D eigenvalue weighted by Crippen LogP contribution is 2.28. The quantitative estimate of drug-likeness (QED) is 0.626. The van der Waals surface area contributed by atoms with Crippen molar-refractivity contribution in [3.05, 3.63) is 0 Å². The second-order valence-electron chi connectivity index (χ2n) is 2.99. The molecule has 3 heteroatoms. The molecule has 0 aliphatic carbocycles. The summed E-state index contributed by atoms with van der Waals surface area (Å²) < 4.78 is 5.23. The largest absolute Gasteiger partial charge is 0.479 e. The normalized spacial score (nSPS) is 29.2. The first-order valence-corrected chi connectivity index (χ1v) is 4.02. The molecular formula is C9H12O3. The summed E-state index contributed by atoms with van der Waals surface area (Å²) in [5.74, 6) is 1.42. The van der Waals surface area contributed by atoms with Gasteiger partial charge in [-0.3, -0.25) is 0 Å². The maximum atomic E-state index is 10.8. The summed E-state index contributed by atoms with van der Waals surface area (Å²) >= 11 is 0. The predicted octanol–water partition coefficient (Wildman–Crippen LogP) is 1.03. The minimum absolute atomic E-state index is 0.169. The van der Waals surface area contributed by atoms with E-state index in [1.807, 2.05) is 0 Å². The summed E-state index contributed by atoms with van der Waals surface area (Å²) in [6.45, 7) is 0.508. The van der Waals surface area contributed by atoms with Crippen LogP contribution in [0.3, 0.4) is 0 Å². The second-order valence-corrected chi connectivity index (χ2v) is 2.99. The molecule has 0 aromatic rings. The summed E-state index contributed by atoms with van der Waals surface area (Å²) in [6, 6.07) is 0. The van der Waals surface area contributed by atoms with Gasteiger partial charge in [-0.1, -0.05) is 0 Å². The molecule has 0 bridgehead atoms. The molecule has 1 saturated heterocycles. The van der Waals surface area contributed by atoms with Crippen molar-refractivity contribution in [1.82, 2.24) is 0 Å². The molecule has 1 N–H and O–H groups in total. The van der Waals surface area contributed by atoms with E-state index in [0.29, 0.717) is 13.0 Å². The van der Waals surface area contributed by atoms with E-state index in [2.05, 4.69) is 5.92 Å². The Morgan fingerprint density at radius 3 is 2.83 bits per heavy atom. The Balaban J connectivity index is 2.71. The molecule has 12 heavy (non-hydrogen) atoms. The van der Waals surface area contributed by atoms with Crippen molar-refractivity contribution in [1.29, 1.82) is 0 Å². The highest BCUT2D eigenvalue weighted by atomic mass is 16.5. The van der Waals surface area contributed by atoms with E-state index < -0.39 is 11.6 Å². The number of hydrogen-bond acceptors (Lipinski definition) is 2. The highest BCUT2D eigenvalue weighted by molar-refractivity contribution is 5.78. The van der Waals surface area contributed by atoms with Crippen LogP contribution in [-0.4, -0.2) is 23.3 Å². The first-order chi connectivity index (χ1) is 5.71. The monoisotopic (exact) mass is 168 g/mol. The minimum Gasteiger partial charge on any atom is -0.479 e. The van der Waals surface area contributed by atoms with Gasteiger partial charge in [-0.25, -0.2) is 4.79 Å². The average Bonchev–Trinajstić information content (AvgIpc) is 2.06. The maximum absolute atomic E-state index is 10.8. The molecule has 1 atom stereocenters. The lowest BCUT2D eigenvalue weighted by Crippen LogP contribution is -2.43. The van der Waals surface area contributed by atoms with Crippen molar-refractivity contribution >= 4 is 5.97 Å². The van der Waals surface area contributed by atoms with E-state index >= 15 is 0 Å². The Kier molecular flexibility index (Phi) is 2.72. The zero-order chi connectivity index (χ0) is 9.03. The highest BCUT2D eigenvalue weighted by Gasteiger charge is 2.40. The minimum atomic E-state index is -1.09. The zero-order valence-corrected chi connectivity index (χ0v) is 6.88. The van der Waals surface area contributed by atoms with Crippen LogP contribution in [0.1, 0.15) is 25.7 Å². The Morgan fingerprint density at radius 1 is 1.67 bits per heavy atom. The first kappa shape index (κ1) is 9.08. The van der Waals surface area contributed by atoms with Gasteiger partial charge in [-0.2, -0.15) is 0 Å². The predicted molar refractivity (Wildman–Crippen MR) is 43.6 cm³/mol. The van der Waals surface area contributed by atoms with Gasteiger partial charge in [0, 0.05) is 13.0 Å². The van der Waals surface area contributed by atoms with Gasteiger partial charge in [0.05, 0.1) is 0 Å². The third-order valence-electron chi connectivity index (χ3n) is 2.13. The van der Waals surface area contributed by atoms with Gasteiger partial charge in [0.2, 0.25) is 0 Å². The smallest absolute Gasteiger partial charge is 0.336 e. The first-order valence-electron chi connectivity index (χ1n) is 4.02. The van der Waals surface area contributed by atoms with Crippen molar-refractivity contribution < 1.29 is 14.6 Å². The second kappa shape index (κ2) is 3.59. The van der Waals surface area contributed by atoms with Gasteiger partial charge in [0.15, 0.2) is 5.60 Å². The molecule has 1 aliphatic heterocycles. The molecule has 0 spiro atoms. The summed E-state index contributed by atoms with van der Waals surface area (Å²) in [7, 11) is 0. The van der Waals surface area contributed by atoms with Crippen molar-refractivity contribution in [2.45, 2.75) is 31.3 Å². The van der Waals surface area contributed by atoms with Gasteiger partial charge < -0.3 is 9.84 Å². The number of ether oxygens (including phenoxy) is 1. The molecule has 3 nitrogen and oxygen atoms in total. The summed E-state index contributed by atoms with van der Waals surface area (Å²) in [5, 5.41) is 8.90. The van der Waals surface area contributed by atoms with Crippen LogP contribution in [0, 0.1) is 12.3 Å². The summed E-state index contributed by atoms with van der Waals surface area (Å²) in [6.07, 6.45) is 7.61. The summed E-state index contributed by atoms with van der Waals surface area (Å²) in [5.41, 5.74) is -1.09. The van der Waals surface area contributed by atoms with E-state index in [1.165, 1.54) is 0 Å². The Morgan fingerprint density at radius 2 is 2.42 bits per heavy atom. The van der Waals surface area contributed by atoms with Crippen molar-refractivity contribution in [3.63, 3.8) is 0 Å². The number of terminal acetylenes is 1. The molecule has 1 fully saturated rings. The van der Waals surface area contributed by atoms with Crippen LogP contribution in [-0.2, 0) is 9.53 Å². The van der Waals surface area contributed by atoms with E-state index in [-0.39, 0.29) is 6.42 Å². The topological polar surface area (TPSA) is 46.5 Å². The number of carboxylic acids is 1. The zero-order valence-electron chi connectivity index (χ0n) is 6.88. The van der Waals surface area contributed by atoms with Crippen LogP contribution in [0.4, 0.5) is 0 Å². The average molecular weight is 168 g/mol. The third-order valence-corrected chi connectivity index (χ3v) is 2.13. The lowest BCUT2D eigenvalue weighted by Gasteiger charge is -2.31. The molecule has 66 valence electrons. The molecule has 1 aliphatic rings. The molecule has 0 amide bonds. The fraction of sp³-hybridized carbons (Fsp3) is 0.667. The summed E-state index contributed by atoms with van der Waals surface area (Å²) in [4.78, 5) is 10.8. The number of aliphatic carboxylic acids is 1. The molecular weight excluding hydrogens is 156 g/mol. The third kappa shape index (κ3) is 1.59. The van der Waals surface area contributed by atoms with Crippen LogP contribution in [0.25, 0.3) is 0 Å². The SMILES string of the molecule is C#CCC1(C(=O)O)CCCCO1. The lowest BCUT2D eigenvalue weighted by atomic mass is 9.91. The standard InChI is InChI=1S/C9H12O3/c1-2-5-9(8(10)11)6-3-4-7-12-9/h1H,3-7H2,(H,10,11). The number of hydrogen-bond donors (Lipinski definition) is 1. The maximum Gasteiger partial charge on any atom is 0.336 e. The number of carboxylic acid groups (broad SMARTS) is 1. The van der Waals surface area contributed by atoms with E-state index in [4.69, 9.17) is 16.3 Å². The van der Waals surface area contributed by atoms with Crippen LogP contribution in [0.15, 0.2) is 0 Å². The van der Waals surface area contributed by atoms with Gasteiger partial charge in [-0.15, -0.1) is 12.3 Å². The van der Waals surface area contributed by atoms with E-state index in [0.717, 1.165) is 12.8 Å². The molecule has 0 saturated carbocycles. The molecule has 1 rings (SSSR count). The van der Waals surface area contributed by atoms with Crippen molar-refractivity contribution in [3.8, 4) is 12.3 Å². The van der Waals surface area contributed by atoms with Gasteiger partial charge >= 0.3 is 5.97 Å². The van der Waals surface area contributed by atoms with Crippen LogP contribution in [0.5, 0.6) is 0 Å². The molecule has 0 radical (unpaired) electrons. The number of rotatable bonds is 2. The Bertz CT molecular complexity index is 208. The Hall–Kier alpha value is -1.01. The van der Waals surface area contributed by atoms with Crippen LogP contribution in [0.2, 0.25) is 0 Å². The molecule has 0 aromatic carbocycles. The molecule has 1 heterocycles. The van der Waals surface area contributed by atoms with Gasteiger partial charge in [0.25, 0.3) is 0 Å². The van der Waals surface area contributed by atoms with Gasteiger partial charge in [-0.05, 0) is 19.3 Å². The van der Waals surface area contributed by atoms with E-state index in [9.17, 15) is 4.79 Å². The van der Waals surface area contributed by atoms with Crippen molar-refractivity contribution in [2.24, 2.45) is 0 Å². The Labute approximate surface area is 71.7 Å². The van der Waals surface area contributed by atoms with E-state index in [1.54, 1.807) is 0 Å². The lowest BCUT2D eigenvalue weighted by molar-refractivity contribution is -0.171. The van der Waals surface area contributed by atoms with Crippen LogP contribution < -0.4 is 0 Å². The number of carbonyl (C=O) groups is 1. The van der Waals surface area contributed by atoms with Gasteiger partial charge in [0.1, 0.15) is 0 Å². The fourth-order valence-corrected chi connectivity index (χ4v) is 1.40. The molecule has 0 aromatic heterocycles. The van der Waals surface area contributed by atoms with Crippen LogP contribution >= 0.6 is 0 Å². The van der Waals surface area contributed by atoms with Crippen molar-refractivity contribution in [2.75, 3.05) is 6.61 Å². The fourth-order valence-electron chi connectivity index (χ4n) is 1.40.